The average molecular weight is 291 g/mol. The first-order valence-corrected chi connectivity index (χ1v) is 7.00. The number of benzene rings is 1. The van der Waals surface area contributed by atoms with Crippen LogP contribution in [0.1, 0.15) is 25.3 Å². The lowest BCUT2D eigenvalue weighted by atomic mass is 10.2. The minimum Gasteiger partial charge on any atom is -0.454 e. The maximum Gasteiger partial charge on any atom is 0.309 e. The molecule has 0 spiro atoms. The molecule has 1 saturated carbocycles. The van der Waals surface area contributed by atoms with Gasteiger partial charge >= 0.3 is 5.97 Å². The third-order valence-electron chi connectivity index (χ3n) is 3.48. The van der Waals surface area contributed by atoms with Crippen LogP contribution in [0.3, 0.4) is 0 Å². The van der Waals surface area contributed by atoms with E-state index in [4.69, 9.17) is 14.2 Å². The first kappa shape index (κ1) is 13.7. The number of carbonyl (C=O) groups is 2. The van der Waals surface area contributed by atoms with Gasteiger partial charge in [-0.2, -0.15) is 0 Å². The Morgan fingerprint density at radius 3 is 2.86 bits per heavy atom. The van der Waals surface area contributed by atoms with E-state index in [1.54, 1.807) is 13.0 Å². The SMILES string of the molecule is CC(OC(=O)C1CC1)C(=O)NCc1ccc2c(c1)OCO2. The van der Waals surface area contributed by atoms with Crippen LogP contribution in [0, 0.1) is 5.92 Å². The van der Waals surface area contributed by atoms with E-state index in [2.05, 4.69) is 5.32 Å². The fraction of sp³-hybridized carbons (Fsp3) is 0.467. The molecule has 1 aromatic carbocycles. The third-order valence-corrected chi connectivity index (χ3v) is 3.48. The van der Waals surface area contributed by atoms with Gasteiger partial charge in [-0.1, -0.05) is 6.07 Å². The molecule has 0 bridgehead atoms. The van der Waals surface area contributed by atoms with E-state index in [-0.39, 0.29) is 24.6 Å². The number of rotatable bonds is 5. The van der Waals surface area contributed by atoms with E-state index in [1.807, 2.05) is 12.1 Å². The van der Waals surface area contributed by atoms with Gasteiger partial charge < -0.3 is 19.5 Å². The highest BCUT2D eigenvalue weighted by atomic mass is 16.7. The van der Waals surface area contributed by atoms with Gasteiger partial charge in [-0.05, 0) is 37.5 Å². The first-order chi connectivity index (χ1) is 10.1. The Hall–Kier alpha value is -2.24. The lowest BCUT2D eigenvalue weighted by Crippen LogP contribution is -2.35. The van der Waals surface area contributed by atoms with Crippen molar-refractivity contribution < 1.29 is 23.8 Å². The van der Waals surface area contributed by atoms with Crippen LogP contribution in [0.15, 0.2) is 18.2 Å². The largest absolute Gasteiger partial charge is 0.454 e. The standard InChI is InChI=1S/C15H17NO5/c1-9(21-15(18)11-3-4-11)14(17)16-7-10-2-5-12-13(6-10)20-8-19-12/h2,5-6,9,11H,3-4,7-8H2,1H3,(H,16,17). The molecule has 1 atom stereocenters. The fourth-order valence-electron chi connectivity index (χ4n) is 2.03. The molecule has 112 valence electrons. The van der Waals surface area contributed by atoms with Gasteiger partial charge in [0.15, 0.2) is 17.6 Å². The maximum absolute atomic E-state index is 11.9. The van der Waals surface area contributed by atoms with Crippen LogP contribution in [-0.2, 0) is 20.9 Å². The zero-order valence-electron chi connectivity index (χ0n) is 11.8. The van der Waals surface area contributed by atoms with Gasteiger partial charge in [0.05, 0.1) is 5.92 Å². The lowest BCUT2D eigenvalue weighted by molar-refractivity contribution is -0.156. The Kier molecular flexibility index (Phi) is 3.68. The molecule has 6 nitrogen and oxygen atoms in total. The van der Waals surface area contributed by atoms with E-state index in [0.717, 1.165) is 18.4 Å². The minimum absolute atomic E-state index is 0.00545. The molecule has 2 aliphatic rings. The second-order valence-corrected chi connectivity index (χ2v) is 5.26. The number of esters is 1. The van der Waals surface area contributed by atoms with Crippen LogP contribution < -0.4 is 14.8 Å². The number of fused-ring (bicyclic) bond motifs is 1. The van der Waals surface area contributed by atoms with Crippen molar-refractivity contribution in [2.45, 2.75) is 32.4 Å². The van der Waals surface area contributed by atoms with Crippen LogP contribution in [0.5, 0.6) is 11.5 Å². The molecule has 0 saturated heterocycles. The molecule has 1 fully saturated rings. The normalized spacial score (nSPS) is 17.2. The zero-order chi connectivity index (χ0) is 14.8. The third kappa shape index (κ3) is 3.26. The molecule has 1 unspecified atom stereocenters. The van der Waals surface area contributed by atoms with E-state index in [9.17, 15) is 9.59 Å². The molecule has 0 radical (unpaired) electrons. The van der Waals surface area contributed by atoms with Gasteiger partial charge in [0.25, 0.3) is 5.91 Å². The van der Waals surface area contributed by atoms with Gasteiger partial charge in [-0.3, -0.25) is 9.59 Å². The summed E-state index contributed by atoms with van der Waals surface area (Å²) in [5, 5.41) is 2.74. The van der Waals surface area contributed by atoms with E-state index >= 15 is 0 Å². The summed E-state index contributed by atoms with van der Waals surface area (Å²) in [7, 11) is 0. The summed E-state index contributed by atoms with van der Waals surface area (Å²) in [5.74, 6) is 0.795. The van der Waals surface area contributed by atoms with Crippen LogP contribution in [0.4, 0.5) is 0 Å². The van der Waals surface area contributed by atoms with Crippen LogP contribution >= 0.6 is 0 Å². The summed E-state index contributed by atoms with van der Waals surface area (Å²) in [6.45, 7) is 2.15. The zero-order valence-corrected chi connectivity index (χ0v) is 11.8. The van der Waals surface area contributed by atoms with Gasteiger partial charge in [0.1, 0.15) is 0 Å². The highest BCUT2D eigenvalue weighted by molar-refractivity contribution is 5.84. The van der Waals surface area contributed by atoms with Crippen molar-refractivity contribution in [1.82, 2.24) is 5.32 Å². The van der Waals surface area contributed by atoms with Crippen molar-refractivity contribution in [1.29, 1.82) is 0 Å². The topological polar surface area (TPSA) is 73.9 Å². The molecule has 1 N–H and O–H groups in total. The Morgan fingerprint density at radius 1 is 1.33 bits per heavy atom. The Balaban J connectivity index is 1.49. The second-order valence-electron chi connectivity index (χ2n) is 5.26. The molecule has 21 heavy (non-hydrogen) atoms. The van der Waals surface area contributed by atoms with Gasteiger partial charge in [-0.25, -0.2) is 0 Å². The van der Waals surface area contributed by atoms with Gasteiger partial charge in [0, 0.05) is 6.54 Å². The predicted octanol–water partition coefficient (Wildman–Crippen LogP) is 1.37. The van der Waals surface area contributed by atoms with Crippen molar-refractivity contribution in [2.75, 3.05) is 6.79 Å². The van der Waals surface area contributed by atoms with Gasteiger partial charge in [-0.15, -0.1) is 0 Å². The van der Waals surface area contributed by atoms with Crippen LogP contribution in [0.2, 0.25) is 0 Å². The van der Waals surface area contributed by atoms with Gasteiger partial charge in [0.2, 0.25) is 6.79 Å². The monoisotopic (exact) mass is 291 g/mol. The lowest BCUT2D eigenvalue weighted by Gasteiger charge is -2.13. The number of amides is 1. The quantitative estimate of drug-likeness (QED) is 0.829. The molecule has 6 heteroatoms. The van der Waals surface area contributed by atoms with E-state index in [0.29, 0.717) is 18.0 Å². The number of hydrogen-bond donors (Lipinski definition) is 1. The Morgan fingerprint density at radius 2 is 2.10 bits per heavy atom. The van der Waals surface area contributed by atoms with Crippen LogP contribution in [0.25, 0.3) is 0 Å². The van der Waals surface area contributed by atoms with E-state index in [1.165, 1.54) is 0 Å². The number of ether oxygens (including phenoxy) is 3. The number of hydrogen-bond acceptors (Lipinski definition) is 5. The molecule has 1 aliphatic heterocycles. The second kappa shape index (κ2) is 5.63. The van der Waals surface area contributed by atoms with Crippen molar-refractivity contribution in [3.05, 3.63) is 23.8 Å². The van der Waals surface area contributed by atoms with Crippen molar-refractivity contribution in [3.8, 4) is 11.5 Å². The first-order valence-electron chi connectivity index (χ1n) is 7.00. The Labute approximate surface area is 122 Å². The highest BCUT2D eigenvalue weighted by Crippen LogP contribution is 2.32. The minimum atomic E-state index is -0.771. The van der Waals surface area contributed by atoms with E-state index < -0.39 is 6.10 Å². The predicted molar refractivity (Wildman–Crippen MR) is 72.7 cm³/mol. The smallest absolute Gasteiger partial charge is 0.309 e. The summed E-state index contributed by atoms with van der Waals surface area (Å²) < 4.78 is 15.6. The molecule has 1 aromatic rings. The fourth-order valence-corrected chi connectivity index (χ4v) is 2.03. The Bertz CT molecular complexity index is 567. The summed E-state index contributed by atoms with van der Waals surface area (Å²) in [4.78, 5) is 23.4. The molecule has 1 amide bonds. The summed E-state index contributed by atoms with van der Waals surface area (Å²) in [6.07, 6.45) is 0.960. The van der Waals surface area contributed by atoms with Crippen LogP contribution in [-0.4, -0.2) is 24.8 Å². The van der Waals surface area contributed by atoms with Crippen molar-refractivity contribution in [2.24, 2.45) is 5.92 Å². The summed E-state index contributed by atoms with van der Waals surface area (Å²) in [5.41, 5.74) is 0.897. The molecule has 0 aromatic heterocycles. The summed E-state index contributed by atoms with van der Waals surface area (Å²) in [6, 6.07) is 5.48. The molecular weight excluding hydrogens is 274 g/mol. The maximum atomic E-state index is 11.9. The average Bonchev–Trinajstić information content (AvgIpc) is 3.23. The summed E-state index contributed by atoms with van der Waals surface area (Å²) >= 11 is 0. The van der Waals surface area contributed by atoms with Crippen molar-refractivity contribution >= 4 is 11.9 Å². The number of nitrogens with one attached hydrogen (secondary N) is 1. The van der Waals surface area contributed by atoms with Crippen molar-refractivity contribution in [3.63, 3.8) is 0 Å². The highest BCUT2D eigenvalue weighted by Gasteiger charge is 2.33. The molecule has 1 heterocycles. The molecule has 1 aliphatic carbocycles. The number of carbonyl (C=O) groups excluding carboxylic acids is 2. The molecule has 3 rings (SSSR count). The molecular formula is C15H17NO5.